The highest BCUT2D eigenvalue weighted by Gasteiger charge is 2.25. The predicted molar refractivity (Wildman–Crippen MR) is 149 cm³/mol. The lowest BCUT2D eigenvalue weighted by molar-refractivity contribution is 0.518. The average Bonchev–Trinajstić information content (AvgIpc) is 3.44. The maximum Gasteiger partial charge on any atom is 0.173 e. The number of rotatable bonds is 2. The number of hydrogen-bond acceptors (Lipinski definition) is 5. The maximum absolute atomic E-state index is 5.78. The van der Waals surface area contributed by atoms with Gasteiger partial charge in [-0.25, -0.2) is 9.97 Å². The lowest BCUT2D eigenvalue weighted by atomic mass is 9.99. The third kappa shape index (κ3) is 3.51. The smallest absolute Gasteiger partial charge is 0.173 e. The normalized spacial score (nSPS) is 15.8. The summed E-state index contributed by atoms with van der Waals surface area (Å²) in [4.78, 5) is 21.5. The predicted octanol–water partition coefficient (Wildman–Crippen LogP) is 6.07. The Morgan fingerprint density at radius 2 is 1.47 bits per heavy atom. The summed E-state index contributed by atoms with van der Waals surface area (Å²) in [6.45, 7) is 1.87. The van der Waals surface area contributed by atoms with Crippen LogP contribution in [0.2, 0.25) is 0 Å². The molecule has 7 heteroatoms. The molecule has 0 spiro atoms. The molecule has 0 unspecified atom stereocenters. The standard InChI is InChI=1S/C29H22N6S/c36-29(35-15-12-19(17-35)18-6-2-1-3-7-18)32-20-10-11-23-24(16-20)34-28-22-9-5-14-31-26(22)25-21(27(28)33-23)8-4-13-30-25/h1-11,13-14,16,19H,12,15,17H2,(H,32,36)/t19-/m1/s1. The van der Waals surface area contributed by atoms with Crippen molar-refractivity contribution in [3.05, 3.63) is 90.8 Å². The molecule has 1 N–H and O–H groups in total. The van der Waals surface area contributed by atoms with Gasteiger partial charge >= 0.3 is 0 Å². The molecule has 0 aliphatic carbocycles. The van der Waals surface area contributed by atoms with Gasteiger partial charge < -0.3 is 10.2 Å². The molecule has 1 saturated heterocycles. The molecule has 3 aromatic heterocycles. The van der Waals surface area contributed by atoms with Gasteiger partial charge in [-0.15, -0.1) is 0 Å². The number of fused-ring (bicyclic) bond motifs is 7. The van der Waals surface area contributed by atoms with Gasteiger partial charge in [0.15, 0.2) is 5.11 Å². The van der Waals surface area contributed by atoms with E-state index in [4.69, 9.17) is 22.2 Å². The van der Waals surface area contributed by atoms with Gasteiger partial charge in [-0.2, -0.15) is 0 Å². The van der Waals surface area contributed by atoms with Crippen molar-refractivity contribution in [2.75, 3.05) is 18.4 Å². The molecule has 1 atom stereocenters. The van der Waals surface area contributed by atoms with E-state index in [2.05, 4.69) is 50.5 Å². The number of benzene rings is 3. The topological polar surface area (TPSA) is 66.8 Å². The van der Waals surface area contributed by atoms with E-state index >= 15 is 0 Å². The van der Waals surface area contributed by atoms with Crippen LogP contribution in [0, 0.1) is 0 Å². The molecule has 0 saturated carbocycles. The summed E-state index contributed by atoms with van der Waals surface area (Å²) in [5.41, 5.74) is 7.28. The summed E-state index contributed by atoms with van der Waals surface area (Å²) in [5.74, 6) is 0.506. The molecule has 1 aliphatic heterocycles. The Labute approximate surface area is 213 Å². The minimum atomic E-state index is 0.506. The van der Waals surface area contributed by atoms with Crippen molar-refractivity contribution < 1.29 is 0 Å². The number of likely N-dealkylation sites (tertiary alicyclic amines) is 1. The number of pyridine rings is 2. The van der Waals surface area contributed by atoms with Crippen molar-refractivity contribution in [1.82, 2.24) is 24.8 Å². The molecule has 0 radical (unpaired) electrons. The second kappa shape index (κ2) is 8.46. The van der Waals surface area contributed by atoms with E-state index in [1.165, 1.54) is 5.56 Å². The zero-order chi connectivity index (χ0) is 24.1. The lowest BCUT2D eigenvalue weighted by Gasteiger charge is -2.21. The molecule has 6 aromatic rings. The fourth-order valence-corrected chi connectivity index (χ4v) is 5.51. The number of nitrogens with zero attached hydrogens (tertiary/aromatic N) is 5. The quantitative estimate of drug-likeness (QED) is 0.181. The summed E-state index contributed by atoms with van der Waals surface area (Å²) in [7, 11) is 0. The number of nitrogens with one attached hydrogen (secondary N) is 1. The van der Waals surface area contributed by atoms with Gasteiger partial charge in [0.1, 0.15) is 0 Å². The highest BCUT2D eigenvalue weighted by Crippen LogP contribution is 2.32. The number of anilines is 1. The highest BCUT2D eigenvalue weighted by atomic mass is 32.1. The van der Waals surface area contributed by atoms with Crippen LogP contribution < -0.4 is 5.32 Å². The van der Waals surface area contributed by atoms with Gasteiger partial charge in [0.25, 0.3) is 0 Å². The third-order valence-corrected chi connectivity index (χ3v) is 7.37. The minimum Gasteiger partial charge on any atom is -0.348 e. The van der Waals surface area contributed by atoms with Crippen LogP contribution in [-0.4, -0.2) is 43.0 Å². The first-order chi connectivity index (χ1) is 17.7. The van der Waals surface area contributed by atoms with Gasteiger partial charge in [0.05, 0.1) is 33.1 Å². The Bertz CT molecular complexity index is 1790. The van der Waals surface area contributed by atoms with Crippen molar-refractivity contribution in [1.29, 1.82) is 0 Å². The Morgan fingerprint density at radius 3 is 2.19 bits per heavy atom. The van der Waals surface area contributed by atoms with Gasteiger partial charge in [0.2, 0.25) is 0 Å². The molecule has 7 rings (SSSR count). The Hall–Kier alpha value is -4.23. The van der Waals surface area contributed by atoms with Gasteiger partial charge in [-0.1, -0.05) is 30.3 Å². The number of thiocarbonyl (C=S) groups is 1. The molecule has 174 valence electrons. The van der Waals surface area contributed by atoms with Crippen LogP contribution in [0.3, 0.4) is 0 Å². The summed E-state index contributed by atoms with van der Waals surface area (Å²) in [6.07, 6.45) is 4.69. The molecule has 1 aliphatic rings. The van der Waals surface area contributed by atoms with Crippen LogP contribution in [0.5, 0.6) is 0 Å². The van der Waals surface area contributed by atoms with Crippen molar-refractivity contribution in [2.45, 2.75) is 12.3 Å². The molecule has 36 heavy (non-hydrogen) atoms. The van der Waals surface area contributed by atoms with E-state index in [-0.39, 0.29) is 0 Å². The summed E-state index contributed by atoms with van der Waals surface area (Å²) in [5, 5.41) is 6.08. The Balaban J connectivity index is 1.24. The van der Waals surface area contributed by atoms with Crippen LogP contribution in [-0.2, 0) is 0 Å². The van der Waals surface area contributed by atoms with Crippen LogP contribution in [0.4, 0.5) is 5.69 Å². The second-order valence-corrected chi connectivity index (χ2v) is 9.58. The van der Waals surface area contributed by atoms with Crippen molar-refractivity contribution in [3.8, 4) is 0 Å². The van der Waals surface area contributed by atoms with Crippen molar-refractivity contribution in [2.24, 2.45) is 0 Å². The zero-order valence-corrected chi connectivity index (χ0v) is 20.2. The highest BCUT2D eigenvalue weighted by molar-refractivity contribution is 7.80. The molecule has 0 amide bonds. The van der Waals surface area contributed by atoms with Gasteiger partial charge in [-0.3, -0.25) is 9.97 Å². The van der Waals surface area contributed by atoms with E-state index in [9.17, 15) is 0 Å². The molecule has 4 heterocycles. The van der Waals surface area contributed by atoms with Crippen molar-refractivity contribution >= 4 is 66.9 Å². The van der Waals surface area contributed by atoms with E-state index in [0.29, 0.717) is 5.92 Å². The fraction of sp³-hybridized carbons (Fsp3) is 0.138. The SMILES string of the molecule is S=C(Nc1ccc2nc3c4cccnc4c4ncccc4c3nc2c1)N1CC[C@@H](c2ccccc2)C1. The lowest BCUT2D eigenvalue weighted by Crippen LogP contribution is -2.32. The first kappa shape index (κ1) is 21.1. The zero-order valence-electron chi connectivity index (χ0n) is 19.4. The first-order valence-corrected chi connectivity index (χ1v) is 12.5. The summed E-state index contributed by atoms with van der Waals surface area (Å²) >= 11 is 5.78. The van der Waals surface area contributed by atoms with Crippen LogP contribution in [0.15, 0.2) is 85.2 Å². The largest absolute Gasteiger partial charge is 0.348 e. The number of hydrogen-bond donors (Lipinski definition) is 1. The molecular weight excluding hydrogens is 464 g/mol. The average molecular weight is 487 g/mol. The van der Waals surface area contributed by atoms with Crippen LogP contribution in [0.25, 0.3) is 43.9 Å². The Kier molecular flexibility index (Phi) is 4.96. The third-order valence-electron chi connectivity index (χ3n) is 7.01. The monoisotopic (exact) mass is 486 g/mol. The molecule has 6 nitrogen and oxygen atoms in total. The maximum atomic E-state index is 5.78. The van der Waals surface area contributed by atoms with E-state index < -0.39 is 0 Å². The van der Waals surface area contributed by atoms with E-state index in [1.807, 2.05) is 42.5 Å². The molecule has 3 aromatic carbocycles. The molecule has 0 bridgehead atoms. The fourth-order valence-electron chi connectivity index (χ4n) is 5.22. The molecule has 1 fully saturated rings. The summed E-state index contributed by atoms with van der Waals surface area (Å²) < 4.78 is 0. The van der Waals surface area contributed by atoms with E-state index in [1.54, 1.807) is 12.4 Å². The summed E-state index contributed by atoms with van der Waals surface area (Å²) in [6, 6.07) is 24.6. The van der Waals surface area contributed by atoms with Gasteiger partial charge in [0, 0.05) is 47.9 Å². The number of aromatic nitrogens is 4. The van der Waals surface area contributed by atoms with E-state index in [0.717, 1.165) is 74.2 Å². The van der Waals surface area contributed by atoms with Crippen molar-refractivity contribution in [3.63, 3.8) is 0 Å². The molecular formula is C29H22N6S. The second-order valence-electron chi connectivity index (χ2n) is 9.20. The minimum absolute atomic E-state index is 0.506. The first-order valence-electron chi connectivity index (χ1n) is 12.1. The van der Waals surface area contributed by atoms with Gasteiger partial charge in [-0.05, 0) is 66.7 Å². The Morgan fingerprint density at radius 1 is 0.778 bits per heavy atom. The van der Waals surface area contributed by atoms with Crippen LogP contribution in [0.1, 0.15) is 17.9 Å². The van der Waals surface area contributed by atoms with Crippen LogP contribution >= 0.6 is 12.2 Å².